The third-order valence-corrected chi connectivity index (χ3v) is 2.84. The number of ether oxygens (including phenoxy) is 1. The Morgan fingerprint density at radius 2 is 2.19 bits per heavy atom. The molecule has 0 saturated heterocycles. The molecule has 1 unspecified atom stereocenters. The average molecular weight is 285 g/mol. The summed E-state index contributed by atoms with van der Waals surface area (Å²) >= 11 is 3.43. The van der Waals surface area contributed by atoms with Gasteiger partial charge >= 0.3 is 0 Å². The summed E-state index contributed by atoms with van der Waals surface area (Å²) in [4.78, 5) is 0. The van der Waals surface area contributed by atoms with Crippen molar-refractivity contribution in [3.8, 4) is 5.75 Å². The van der Waals surface area contributed by atoms with Gasteiger partial charge in [-0.25, -0.2) is 0 Å². The molecule has 0 aliphatic heterocycles. The van der Waals surface area contributed by atoms with Crippen molar-refractivity contribution in [1.82, 2.24) is 0 Å². The molecule has 0 fully saturated rings. The number of hydrogen-bond acceptors (Lipinski definition) is 1. The van der Waals surface area contributed by atoms with Crippen molar-refractivity contribution in [3.63, 3.8) is 0 Å². The van der Waals surface area contributed by atoms with Crippen molar-refractivity contribution in [2.24, 2.45) is 0 Å². The van der Waals surface area contributed by atoms with E-state index in [1.54, 1.807) is 6.07 Å². The molecule has 1 aromatic carbocycles. The van der Waals surface area contributed by atoms with Gasteiger partial charge in [-0.1, -0.05) is 34.7 Å². The van der Waals surface area contributed by atoms with Crippen LogP contribution in [-0.2, 0) is 6.42 Å². The van der Waals surface area contributed by atoms with Crippen LogP contribution in [0.4, 0.5) is 4.39 Å². The van der Waals surface area contributed by atoms with Gasteiger partial charge in [0.2, 0.25) is 0 Å². The lowest BCUT2D eigenvalue weighted by molar-refractivity contribution is 0.113. The summed E-state index contributed by atoms with van der Waals surface area (Å²) < 4.78 is 19.1. The molecule has 86 valence electrons. The molecule has 16 heavy (non-hydrogen) atoms. The maximum Gasteiger partial charge on any atom is 0.257 e. The number of benzene rings is 1. The second-order valence-electron chi connectivity index (χ2n) is 3.25. The molecule has 0 radical (unpaired) electrons. The smallest absolute Gasteiger partial charge is 0.257 e. The number of hydrogen-bond donors (Lipinski definition) is 0. The molecule has 1 atom stereocenters. The molecular weight excluding hydrogens is 271 g/mol. The number of halogens is 2. The normalized spacial score (nSPS) is 11.9. The minimum absolute atomic E-state index is 0.545. The maximum absolute atomic E-state index is 13.1. The van der Waals surface area contributed by atoms with E-state index in [0.29, 0.717) is 5.75 Å². The van der Waals surface area contributed by atoms with Crippen molar-refractivity contribution in [2.75, 3.05) is 0 Å². The van der Waals surface area contributed by atoms with Crippen molar-refractivity contribution >= 4 is 15.9 Å². The number of alkyl halides is 1. The van der Waals surface area contributed by atoms with E-state index in [2.05, 4.69) is 29.1 Å². The first kappa shape index (κ1) is 13.0. The van der Waals surface area contributed by atoms with Crippen LogP contribution in [0.5, 0.6) is 5.75 Å². The largest absolute Gasteiger partial charge is 0.457 e. The van der Waals surface area contributed by atoms with E-state index in [1.165, 1.54) is 0 Å². The predicted molar refractivity (Wildman–Crippen MR) is 68.4 cm³/mol. The molecule has 1 nitrogen and oxygen atoms in total. The third kappa shape index (κ3) is 3.49. The fourth-order valence-electron chi connectivity index (χ4n) is 1.31. The van der Waals surface area contributed by atoms with Crippen LogP contribution in [0.2, 0.25) is 0 Å². The summed E-state index contributed by atoms with van der Waals surface area (Å²) in [6.45, 7) is 7.01. The van der Waals surface area contributed by atoms with Crippen molar-refractivity contribution < 1.29 is 9.13 Å². The molecule has 0 aromatic heterocycles. The molecule has 0 aliphatic carbocycles. The van der Waals surface area contributed by atoms with Gasteiger partial charge in [0.1, 0.15) is 5.75 Å². The fourth-order valence-corrected chi connectivity index (χ4v) is 1.85. The van der Waals surface area contributed by atoms with E-state index in [9.17, 15) is 4.39 Å². The lowest BCUT2D eigenvalue weighted by Crippen LogP contribution is -2.07. The Hall–Kier alpha value is -1.09. The molecule has 1 rings (SSSR count). The summed E-state index contributed by atoms with van der Waals surface area (Å²) in [6.07, 6.45) is 3.06. The lowest BCUT2D eigenvalue weighted by atomic mass is 10.1. The van der Waals surface area contributed by atoms with Gasteiger partial charge in [-0.15, -0.1) is 6.58 Å². The standard InChI is InChI=1S/C13H14BrFO/c1-3-5-7-10-11(14)8-6-9-12(10)16-13(15)4-2/h3-4,6,8-9,13H,1-2,5,7H2. The number of allylic oxidation sites excluding steroid dienone is 1. The van der Waals surface area contributed by atoms with Gasteiger partial charge in [-0.3, -0.25) is 0 Å². The van der Waals surface area contributed by atoms with Crippen LogP contribution in [0.15, 0.2) is 48.0 Å². The molecule has 0 aliphatic rings. The summed E-state index contributed by atoms with van der Waals surface area (Å²) in [6, 6.07) is 5.47. The van der Waals surface area contributed by atoms with Gasteiger partial charge in [0, 0.05) is 10.0 Å². The first-order valence-electron chi connectivity index (χ1n) is 5.00. The average Bonchev–Trinajstić information content (AvgIpc) is 2.28. The van der Waals surface area contributed by atoms with E-state index in [0.717, 1.165) is 29.0 Å². The van der Waals surface area contributed by atoms with Crippen LogP contribution in [0.3, 0.4) is 0 Å². The molecule has 0 bridgehead atoms. The molecule has 1 aromatic rings. The van der Waals surface area contributed by atoms with E-state index in [1.807, 2.05) is 18.2 Å². The van der Waals surface area contributed by atoms with Gasteiger partial charge in [0.05, 0.1) is 0 Å². The van der Waals surface area contributed by atoms with Crippen LogP contribution in [0.25, 0.3) is 0 Å². The quantitative estimate of drug-likeness (QED) is 0.703. The Morgan fingerprint density at radius 1 is 1.44 bits per heavy atom. The summed E-state index contributed by atoms with van der Waals surface area (Å²) in [5, 5.41) is 0. The highest BCUT2D eigenvalue weighted by molar-refractivity contribution is 9.10. The molecule has 0 heterocycles. The molecule has 0 N–H and O–H groups in total. The SMILES string of the molecule is C=CCCc1c(Br)cccc1OC(F)C=C. The van der Waals surface area contributed by atoms with Crippen LogP contribution in [0, 0.1) is 0 Å². The minimum atomic E-state index is -1.48. The Morgan fingerprint density at radius 3 is 2.81 bits per heavy atom. The first-order valence-corrected chi connectivity index (χ1v) is 5.80. The molecule has 0 saturated carbocycles. The zero-order valence-corrected chi connectivity index (χ0v) is 10.5. The molecule has 0 amide bonds. The maximum atomic E-state index is 13.1. The monoisotopic (exact) mass is 284 g/mol. The van der Waals surface area contributed by atoms with E-state index in [-0.39, 0.29) is 0 Å². The summed E-state index contributed by atoms with van der Waals surface area (Å²) in [5.74, 6) is 0.545. The van der Waals surface area contributed by atoms with Crippen molar-refractivity contribution in [1.29, 1.82) is 0 Å². The third-order valence-electron chi connectivity index (χ3n) is 2.10. The summed E-state index contributed by atoms with van der Waals surface area (Å²) in [5.41, 5.74) is 0.951. The van der Waals surface area contributed by atoms with Gasteiger partial charge < -0.3 is 4.74 Å². The zero-order chi connectivity index (χ0) is 12.0. The van der Waals surface area contributed by atoms with E-state index in [4.69, 9.17) is 4.74 Å². The molecule has 3 heteroatoms. The van der Waals surface area contributed by atoms with E-state index >= 15 is 0 Å². The molecular formula is C13H14BrFO. The second-order valence-corrected chi connectivity index (χ2v) is 4.10. The summed E-state index contributed by atoms with van der Waals surface area (Å²) in [7, 11) is 0. The Labute approximate surface area is 104 Å². The first-order chi connectivity index (χ1) is 7.69. The minimum Gasteiger partial charge on any atom is -0.457 e. The van der Waals surface area contributed by atoms with Gasteiger partial charge in [0.15, 0.2) is 0 Å². The van der Waals surface area contributed by atoms with Gasteiger partial charge in [0.25, 0.3) is 6.36 Å². The van der Waals surface area contributed by atoms with E-state index < -0.39 is 6.36 Å². The van der Waals surface area contributed by atoms with Crippen LogP contribution >= 0.6 is 15.9 Å². The van der Waals surface area contributed by atoms with Crippen LogP contribution in [-0.4, -0.2) is 6.36 Å². The topological polar surface area (TPSA) is 9.23 Å². The highest BCUT2D eigenvalue weighted by Crippen LogP contribution is 2.29. The number of rotatable bonds is 6. The fraction of sp³-hybridized carbons (Fsp3) is 0.231. The van der Waals surface area contributed by atoms with Crippen LogP contribution in [0.1, 0.15) is 12.0 Å². The van der Waals surface area contributed by atoms with Crippen LogP contribution < -0.4 is 4.74 Å². The zero-order valence-electron chi connectivity index (χ0n) is 8.96. The second kappa shape index (κ2) is 6.48. The highest BCUT2D eigenvalue weighted by atomic mass is 79.9. The Balaban J connectivity index is 2.92. The predicted octanol–water partition coefficient (Wildman–Crippen LogP) is 4.43. The van der Waals surface area contributed by atoms with Crippen molar-refractivity contribution in [3.05, 3.63) is 53.5 Å². The lowest BCUT2D eigenvalue weighted by Gasteiger charge is -2.13. The van der Waals surface area contributed by atoms with Gasteiger partial charge in [-0.2, -0.15) is 4.39 Å². The molecule has 0 spiro atoms. The van der Waals surface area contributed by atoms with Gasteiger partial charge in [-0.05, 0) is 31.1 Å². The Kier molecular flexibility index (Phi) is 5.26. The Bertz CT molecular complexity index is 376. The van der Waals surface area contributed by atoms with Crippen molar-refractivity contribution in [2.45, 2.75) is 19.2 Å². The highest BCUT2D eigenvalue weighted by Gasteiger charge is 2.10.